The molecule has 0 aliphatic carbocycles. The normalized spacial score (nSPS) is 16.8. The highest BCUT2D eigenvalue weighted by Gasteiger charge is 2.37. The topological polar surface area (TPSA) is 86.8 Å². The molecule has 5 aromatic rings. The van der Waals surface area contributed by atoms with Crippen LogP contribution in [0, 0.1) is 0 Å². The van der Waals surface area contributed by atoms with Crippen molar-refractivity contribution in [2.45, 2.75) is 25.1 Å². The average Bonchev–Trinajstić information content (AvgIpc) is 3.62. The second-order valence-electron chi connectivity index (χ2n) is 12.7. The van der Waals surface area contributed by atoms with Crippen molar-refractivity contribution in [3.05, 3.63) is 60.6 Å². The Morgan fingerprint density at radius 2 is 1.62 bits per heavy atom. The summed E-state index contributed by atoms with van der Waals surface area (Å²) in [5.41, 5.74) is 4.15. The molecule has 0 unspecified atom stereocenters. The average molecular weight is 818 g/mol. The van der Waals surface area contributed by atoms with Gasteiger partial charge >= 0.3 is 6.18 Å². The lowest BCUT2D eigenvalue weighted by molar-refractivity contribution is -0.137. The molecule has 2 aromatic carbocycles. The van der Waals surface area contributed by atoms with E-state index in [0.717, 1.165) is 74.5 Å². The number of alkyl halides is 3. The van der Waals surface area contributed by atoms with Gasteiger partial charge < -0.3 is 24.0 Å². The zero-order chi connectivity index (χ0) is 35.2. The van der Waals surface area contributed by atoms with E-state index in [1.54, 1.807) is 43.8 Å². The van der Waals surface area contributed by atoms with E-state index in [-0.39, 0.29) is 11.6 Å². The van der Waals surface area contributed by atoms with Crippen LogP contribution in [0.4, 0.5) is 47.7 Å². The predicted molar refractivity (Wildman–Crippen MR) is 205 cm³/mol. The number of anilines is 6. The van der Waals surface area contributed by atoms with Gasteiger partial charge in [0.2, 0.25) is 5.95 Å². The van der Waals surface area contributed by atoms with Gasteiger partial charge in [0.25, 0.3) is 0 Å². The highest BCUT2D eigenvalue weighted by molar-refractivity contribution is 14.1. The van der Waals surface area contributed by atoms with Gasteiger partial charge in [-0.05, 0) is 56.3 Å². The van der Waals surface area contributed by atoms with Gasteiger partial charge in [-0.15, -0.1) is 0 Å². The largest absolute Gasteiger partial charge is 0.418 e. The fraction of sp³-hybridized carbons (Fsp3) is 0.412. The molecule has 11 nitrogen and oxygen atoms in total. The Labute approximate surface area is 307 Å². The molecule has 2 fully saturated rings. The van der Waals surface area contributed by atoms with Crippen molar-refractivity contribution < 1.29 is 13.2 Å². The summed E-state index contributed by atoms with van der Waals surface area (Å²) in [6, 6.07) is 10.7. The van der Waals surface area contributed by atoms with Crippen LogP contribution in [0.15, 0.2) is 55.0 Å². The molecule has 1 N–H and O–H groups in total. The van der Waals surface area contributed by atoms with Gasteiger partial charge in [0.05, 0.1) is 56.5 Å². The quantitative estimate of drug-likeness (QED) is 0.0989. The standard InChI is InChI=1S/C34H39F3IN11S/c1-44-17-19-48(20-18-44)22-10-15-47(16-11-22)23-5-7-27(24(21-23)34(35,36)37)45(2)33-42-26-9-12-40-30(26)32(43-33)49(38)28-8-6-25-29(41-14-13-39-25)31(28)46(3)50-4/h5-9,12-14,21-22,40H,10-11,15-20H2,1-4H3. The molecular weight excluding hydrogens is 778 g/mol. The van der Waals surface area contributed by atoms with Gasteiger partial charge in [-0.3, -0.25) is 18.0 Å². The molecule has 0 spiro atoms. The van der Waals surface area contributed by atoms with E-state index in [0.29, 0.717) is 28.6 Å². The molecule has 0 saturated carbocycles. The minimum absolute atomic E-state index is 0.0156. The highest BCUT2D eigenvalue weighted by Crippen LogP contribution is 2.45. The van der Waals surface area contributed by atoms with Crippen LogP contribution in [0.5, 0.6) is 0 Å². The second-order valence-corrected chi connectivity index (χ2v) is 14.6. The van der Waals surface area contributed by atoms with Crippen LogP contribution >= 0.6 is 34.8 Å². The van der Waals surface area contributed by atoms with Crippen LogP contribution in [0.25, 0.3) is 22.1 Å². The maximum Gasteiger partial charge on any atom is 0.418 e. The van der Waals surface area contributed by atoms with Crippen molar-refractivity contribution in [2.75, 3.05) is 83.9 Å². The van der Waals surface area contributed by atoms with E-state index in [9.17, 15) is 13.2 Å². The van der Waals surface area contributed by atoms with Crippen LogP contribution in [-0.2, 0) is 6.18 Å². The molecule has 2 aliphatic heterocycles. The molecule has 264 valence electrons. The Kier molecular flexibility index (Phi) is 9.88. The SMILES string of the molecule is CSN(C)c1c(N(I)c2nc(N(C)c3ccc(N4CCC(N5CCN(C)CC5)CC4)cc3C(F)(F)F)nc3cc[nH]c23)ccc2nccnc12. The van der Waals surface area contributed by atoms with Gasteiger partial charge in [0, 0.05) is 89.9 Å². The maximum atomic E-state index is 14.8. The fourth-order valence-corrected chi connectivity index (χ4v) is 8.02. The molecule has 16 heteroatoms. The lowest BCUT2D eigenvalue weighted by atomic mass is 10.0. The Balaban J connectivity index is 1.21. The third kappa shape index (κ3) is 6.74. The van der Waals surface area contributed by atoms with Crippen molar-refractivity contribution in [1.29, 1.82) is 0 Å². The number of H-pyrrole nitrogens is 1. The number of benzene rings is 2. The predicted octanol–water partition coefficient (Wildman–Crippen LogP) is 7.11. The summed E-state index contributed by atoms with van der Waals surface area (Å²) in [6.45, 7) is 5.63. The summed E-state index contributed by atoms with van der Waals surface area (Å²) in [7, 11) is 5.67. The van der Waals surface area contributed by atoms with Gasteiger partial charge in [0.15, 0.2) is 5.82 Å². The number of nitrogens with zero attached hydrogens (tertiary/aromatic N) is 10. The molecule has 5 heterocycles. The van der Waals surface area contributed by atoms with E-state index in [4.69, 9.17) is 9.97 Å². The van der Waals surface area contributed by atoms with Crippen LogP contribution in [0.1, 0.15) is 18.4 Å². The molecule has 3 aromatic heterocycles. The summed E-state index contributed by atoms with van der Waals surface area (Å²) in [6.07, 6.45) is 4.31. The number of piperidine rings is 1. The number of aromatic nitrogens is 5. The van der Waals surface area contributed by atoms with Gasteiger partial charge in [-0.1, -0.05) is 11.9 Å². The zero-order valence-corrected chi connectivity index (χ0v) is 31.3. The van der Waals surface area contributed by atoms with E-state index in [2.05, 4.69) is 59.6 Å². The number of fused-ring (bicyclic) bond motifs is 2. The summed E-state index contributed by atoms with van der Waals surface area (Å²) in [5.74, 6) is 0.634. The summed E-state index contributed by atoms with van der Waals surface area (Å²) < 4.78 is 48.3. The monoisotopic (exact) mass is 817 g/mol. The van der Waals surface area contributed by atoms with Gasteiger partial charge in [-0.2, -0.15) is 18.2 Å². The lowest BCUT2D eigenvalue weighted by Crippen LogP contribution is -2.52. The first-order valence-corrected chi connectivity index (χ1v) is 18.6. The smallest absolute Gasteiger partial charge is 0.371 e. The first-order valence-electron chi connectivity index (χ1n) is 16.5. The van der Waals surface area contributed by atoms with Crippen molar-refractivity contribution in [1.82, 2.24) is 34.7 Å². The van der Waals surface area contributed by atoms with E-state index >= 15 is 0 Å². The lowest BCUT2D eigenvalue weighted by Gasteiger charge is -2.42. The molecular formula is C34H39F3IN11S. The molecule has 0 radical (unpaired) electrons. The zero-order valence-electron chi connectivity index (χ0n) is 28.3. The van der Waals surface area contributed by atoms with E-state index in [1.165, 1.54) is 22.9 Å². The number of piperazine rings is 1. The van der Waals surface area contributed by atoms with E-state index in [1.807, 2.05) is 32.9 Å². The van der Waals surface area contributed by atoms with Crippen molar-refractivity contribution >= 4 is 91.4 Å². The Bertz CT molecular complexity index is 1980. The van der Waals surface area contributed by atoms with Crippen molar-refractivity contribution in [2.24, 2.45) is 0 Å². The number of halogens is 4. The van der Waals surface area contributed by atoms with Crippen LogP contribution < -0.4 is 17.2 Å². The number of likely N-dealkylation sites (N-methyl/N-ethyl adjacent to an activating group) is 1. The van der Waals surface area contributed by atoms with Gasteiger partial charge in [-0.25, -0.2) is 4.98 Å². The third-order valence-corrected chi connectivity index (χ3v) is 11.5. The summed E-state index contributed by atoms with van der Waals surface area (Å²) >= 11 is 3.70. The first-order chi connectivity index (χ1) is 24.0. The van der Waals surface area contributed by atoms with E-state index < -0.39 is 11.7 Å². The van der Waals surface area contributed by atoms with Crippen molar-refractivity contribution in [3.8, 4) is 0 Å². The minimum atomic E-state index is -4.59. The molecule has 50 heavy (non-hydrogen) atoms. The molecule has 0 bridgehead atoms. The summed E-state index contributed by atoms with van der Waals surface area (Å²) in [5, 5.41) is 0. The van der Waals surface area contributed by atoms with Crippen molar-refractivity contribution in [3.63, 3.8) is 0 Å². The Morgan fingerprint density at radius 1 is 0.900 bits per heavy atom. The van der Waals surface area contributed by atoms with Gasteiger partial charge in [0.1, 0.15) is 11.0 Å². The number of hydrogen-bond donors (Lipinski definition) is 1. The maximum absolute atomic E-state index is 14.8. The minimum Gasteiger partial charge on any atom is -0.371 e. The molecule has 2 saturated heterocycles. The highest BCUT2D eigenvalue weighted by atomic mass is 127. The molecule has 2 aliphatic rings. The summed E-state index contributed by atoms with van der Waals surface area (Å²) in [4.78, 5) is 30.3. The van der Waals surface area contributed by atoms with Crippen LogP contribution in [-0.4, -0.2) is 107 Å². The van der Waals surface area contributed by atoms with Crippen LogP contribution in [0.2, 0.25) is 0 Å². The molecule has 7 rings (SSSR count). The van der Waals surface area contributed by atoms with Crippen LogP contribution in [0.3, 0.4) is 0 Å². The fourth-order valence-electron chi connectivity index (χ4n) is 6.92. The molecule has 0 atom stereocenters. The number of aromatic amines is 1. The first kappa shape index (κ1) is 34.8. The number of nitrogens with one attached hydrogen (secondary N) is 1. The third-order valence-electron chi connectivity index (χ3n) is 9.78. The molecule has 0 amide bonds. The second kappa shape index (κ2) is 14.2. The number of hydrogen-bond acceptors (Lipinski definition) is 11. The Hall–Kier alpha value is -3.61. The Morgan fingerprint density at radius 3 is 2.34 bits per heavy atom. The number of rotatable bonds is 8.